The van der Waals surface area contributed by atoms with Crippen molar-refractivity contribution in [1.29, 1.82) is 0 Å². The van der Waals surface area contributed by atoms with Crippen molar-refractivity contribution >= 4 is 11.8 Å². The highest BCUT2D eigenvalue weighted by Gasteiger charge is 2.22. The first-order valence-electron chi connectivity index (χ1n) is 5.86. The molecule has 1 aliphatic heterocycles. The summed E-state index contributed by atoms with van der Waals surface area (Å²) >= 11 is 0. The number of piperidine rings is 1. The number of amides is 2. The molecular formula is C11H21N3O3. The zero-order valence-electron chi connectivity index (χ0n) is 10.5. The van der Waals surface area contributed by atoms with Crippen molar-refractivity contribution in [3.05, 3.63) is 0 Å². The number of carbonyl (C=O) groups is 2. The fourth-order valence-electron chi connectivity index (χ4n) is 1.77. The topological polar surface area (TPSA) is 70.7 Å². The Morgan fingerprint density at radius 3 is 3.00 bits per heavy atom. The maximum Gasteiger partial charge on any atom is 0.234 e. The molecule has 1 rings (SSSR count). The van der Waals surface area contributed by atoms with Crippen molar-refractivity contribution in [2.75, 3.05) is 40.4 Å². The van der Waals surface area contributed by atoms with E-state index in [1.54, 1.807) is 19.1 Å². The molecule has 1 atom stereocenters. The summed E-state index contributed by atoms with van der Waals surface area (Å²) in [5.41, 5.74) is 0. The summed E-state index contributed by atoms with van der Waals surface area (Å²) < 4.78 is 4.83. The van der Waals surface area contributed by atoms with Gasteiger partial charge in [0, 0.05) is 39.7 Å². The van der Waals surface area contributed by atoms with Gasteiger partial charge in [-0.05, 0) is 6.42 Å². The molecular weight excluding hydrogens is 222 g/mol. The Labute approximate surface area is 102 Å². The second-order valence-electron chi connectivity index (χ2n) is 4.23. The van der Waals surface area contributed by atoms with Gasteiger partial charge in [0.15, 0.2) is 0 Å². The predicted octanol–water partition coefficient (Wildman–Crippen LogP) is -1.04. The van der Waals surface area contributed by atoms with E-state index in [1.807, 2.05) is 0 Å². The lowest BCUT2D eigenvalue weighted by atomic mass is 10.1. The molecule has 1 aliphatic rings. The summed E-state index contributed by atoms with van der Waals surface area (Å²) in [6.45, 7) is 2.01. The van der Waals surface area contributed by atoms with Crippen LogP contribution in [0.5, 0.6) is 0 Å². The van der Waals surface area contributed by atoms with E-state index in [0.29, 0.717) is 26.1 Å². The Morgan fingerprint density at radius 1 is 1.59 bits per heavy atom. The molecule has 0 radical (unpaired) electrons. The minimum absolute atomic E-state index is 0.0402. The number of hydrogen-bond donors (Lipinski definition) is 2. The molecule has 1 fully saturated rings. The predicted molar refractivity (Wildman–Crippen MR) is 63.5 cm³/mol. The lowest BCUT2D eigenvalue weighted by Gasteiger charge is -2.30. The van der Waals surface area contributed by atoms with Crippen molar-refractivity contribution < 1.29 is 14.3 Å². The number of hydrogen-bond acceptors (Lipinski definition) is 4. The van der Waals surface area contributed by atoms with Crippen LogP contribution in [-0.4, -0.2) is 63.2 Å². The van der Waals surface area contributed by atoms with E-state index in [-0.39, 0.29) is 24.4 Å². The highest BCUT2D eigenvalue weighted by Crippen LogP contribution is 2.08. The van der Waals surface area contributed by atoms with E-state index in [9.17, 15) is 9.59 Å². The van der Waals surface area contributed by atoms with E-state index in [1.165, 1.54) is 0 Å². The Balaban J connectivity index is 2.13. The van der Waals surface area contributed by atoms with Crippen molar-refractivity contribution in [2.24, 2.45) is 0 Å². The van der Waals surface area contributed by atoms with Gasteiger partial charge >= 0.3 is 0 Å². The van der Waals surface area contributed by atoms with E-state index in [0.717, 1.165) is 6.42 Å². The number of rotatable bonds is 6. The number of methoxy groups -OCH3 is 1. The minimum Gasteiger partial charge on any atom is -0.383 e. The molecule has 98 valence electrons. The molecule has 0 aromatic carbocycles. The Hall–Kier alpha value is -1.14. The van der Waals surface area contributed by atoms with Gasteiger partial charge in [0.05, 0.1) is 13.2 Å². The van der Waals surface area contributed by atoms with Crippen molar-refractivity contribution in [3.8, 4) is 0 Å². The van der Waals surface area contributed by atoms with Crippen LogP contribution in [0.2, 0.25) is 0 Å². The molecule has 1 heterocycles. The summed E-state index contributed by atoms with van der Waals surface area (Å²) in [6, 6.07) is 0.214. The van der Waals surface area contributed by atoms with Gasteiger partial charge in [-0.3, -0.25) is 9.59 Å². The summed E-state index contributed by atoms with van der Waals surface area (Å²) in [5, 5.41) is 5.89. The maximum absolute atomic E-state index is 11.4. The lowest BCUT2D eigenvalue weighted by molar-refractivity contribution is -0.132. The fourth-order valence-corrected chi connectivity index (χ4v) is 1.77. The first-order chi connectivity index (χ1) is 8.13. The summed E-state index contributed by atoms with van der Waals surface area (Å²) in [7, 11) is 3.38. The molecule has 0 saturated carbocycles. The average Bonchev–Trinajstić information content (AvgIpc) is 2.31. The highest BCUT2D eigenvalue weighted by molar-refractivity contribution is 5.78. The van der Waals surface area contributed by atoms with Crippen LogP contribution < -0.4 is 10.6 Å². The van der Waals surface area contributed by atoms with Crippen LogP contribution in [0.25, 0.3) is 0 Å². The molecule has 17 heavy (non-hydrogen) atoms. The quantitative estimate of drug-likeness (QED) is 0.585. The summed E-state index contributed by atoms with van der Waals surface area (Å²) in [4.78, 5) is 24.4. The molecule has 2 N–H and O–H groups in total. The van der Waals surface area contributed by atoms with Crippen molar-refractivity contribution in [2.45, 2.75) is 18.9 Å². The second-order valence-corrected chi connectivity index (χ2v) is 4.23. The summed E-state index contributed by atoms with van der Waals surface area (Å²) in [6.07, 6.45) is 1.36. The van der Waals surface area contributed by atoms with Gasteiger partial charge in [0.1, 0.15) is 0 Å². The third-order valence-corrected chi connectivity index (χ3v) is 2.81. The molecule has 0 spiro atoms. The van der Waals surface area contributed by atoms with Crippen LogP contribution in [0.15, 0.2) is 0 Å². The van der Waals surface area contributed by atoms with Gasteiger partial charge in [0.25, 0.3) is 0 Å². The van der Waals surface area contributed by atoms with Gasteiger partial charge in [-0.15, -0.1) is 0 Å². The number of ether oxygens (including phenoxy) is 1. The number of likely N-dealkylation sites (N-methyl/N-ethyl adjacent to an activating group) is 1. The first-order valence-corrected chi connectivity index (χ1v) is 5.86. The molecule has 6 heteroatoms. The third kappa shape index (κ3) is 5.14. The number of carbonyl (C=O) groups excluding carboxylic acids is 2. The SMILES string of the molecule is COCCNC(=O)CNC1CCC(=O)N(C)C1. The number of nitrogens with one attached hydrogen (secondary N) is 2. The van der Waals surface area contributed by atoms with Gasteiger partial charge in [-0.1, -0.05) is 0 Å². The van der Waals surface area contributed by atoms with Crippen LogP contribution in [0, 0.1) is 0 Å². The Bertz CT molecular complexity index is 271. The molecule has 1 unspecified atom stereocenters. The van der Waals surface area contributed by atoms with Crippen molar-refractivity contribution in [3.63, 3.8) is 0 Å². The zero-order chi connectivity index (χ0) is 12.7. The number of nitrogens with zero attached hydrogens (tertiary/aromatic N) is 1. The Kier molecular flexibility index (Phi) is 5.93. The van der Waals surface area contributed by atoms with E-state index in [2.05, 4.69) is 10.6 Å². The van der Waals surface area contributed by atoms with Crippen molar-refractivity contribution in [1.82, 2.24) is 15.5 Å². The van der Waals surface area contributed by atoms with Crippen LogP contribution in [0.3, 0.4) is 0 Å². The highest BCUT2D eigenvalue weighted by atomic mass is 16.5. The van der Waals surface area contributed by atoms with E-state index in [4.69, 9.17) is 4.74 Å². The monoisotopic (exact) mass is 243 g/mol. The van der Waals surface area contributed by atoms with Crippen LogP contribution in [-0.2, 0) is 14.3 Å². The second kappa shape index (κ2) is 7.24. The smallest absolute Gasteiger partial charge is 0.234 e. The van der Waals surface area contributed by atoms with Gasteiger partial charge in [-0.2, -0.15) is 0 Å². The third-order valence-electron chi connectivity index (χ3n) is 2.81. The maximum atomic E-state index is 11.4. The number of likely N-dealkylation sites (tertiary alicyclic amines) is 1. The molecule has 0 aromatic heterocycles. The molecule has 1 saturated heterocycles. The largest absolute Gasteiger partial charge is 0.383 e. The van der Waals surface area contributed by atoms with Gasteiger partial charge in [-0.25, -0.2) is 0 Å². The fraction of sp³-hybridized carbons (Fsp3) is 0.818. The Morgan fingerprint density at radius 2 is 2.35 bits per heavy atom. The lowest BCUT2D eigenvalue weighted by Crippen LogP contribution is -2.49. The van der Waals surface area contributed by atoms with Crippen LogP contribution in [0.1, 0.15) is 12.8 Å². The average molecular weight is 243 g/mol. The molecule has 0 bridgehead atoms. The van der Waals surface area contributed by atoms with E-state index < -0.39 is 0 Å². The molecule has 0 aliphatic carbocycles. The zero-order valence-corrected chi connectivity index (χ0v) is 10.5. The molecule has 2 amide bonds. The first kappa shape index (κ1) is 13.9. The standard InChI is InChI=1S/C11H21N3O3/c1-14-8-9(3-4-11(14)16)13-7-10(15)12-5-6-17-2/h9,13H,3-8H2,1-2H3,(H,12,15). The minimum atomic E-state index is -0.0402. The molecule has 6 nitrogen and oxygen atoms in total. The normalized spacial score (nSPS) is 20.5. The van der Waals surface area contributed by atoms with Gasteiger partial charge < -0.3 is 20.3 Å². The van der Waals surface area contributed by atoms with Crippen LogP contribution >= 0.6 is 0 Å². The summed E-state index contributed by atoms with van der Waals surface area (Å²) in [5.74, 6) is 0.134. The van der Waals surface area contributed by atoms with E-state index >= 15 is 0 Å². The van der Waals surface area contributed by atoms with Crippen LogP contribution in [0.4, 0.5) is 0 Å². The molecule has 0 aromatic rings. The van der Waals surface area contributed by atoms with Gasteiger partial charge in [0.2, 0.25) is 11.8 Å².